The first kappa shape index (κ1) is 17.9. The van der Waals surface area contributed by atoms with Crippen molar-refractivity contribution in [3.05, 3.63) is 53.9 Å². The Bertz CT molecular complexity index is 1140. The first-order valence-corrected chi connectivity index (χ1v) is 9.28. The summed E-state index contributed by atoms with van der Waals surface area (Å²) in [6.45, 7) is 7.95. The van der Waals surface area contributed by atoms with Crippen LogP contribution in [0.5, 0.6) is 0 Å². The molecule has 0 aliphatic heterocycles. The molecule has 4 heterocycles. The maximum Gasteiger partial charge on any atom is 0.257 e. The second-order valence-corrected chi connectivity index (χ2v) is 6.45. The Kier molecular flexibility index (Phi) is 4.64. The Balaban J connectivity index is 1.62. The number of aromatic nitrogens is 7. The fourth-order valence-corrected chi connectivity index (χ4v) is 3.13. The molecule has 0 aromatic carbocycles. The molecular formula is C19H22N8O. The summed E-state index contributed by atoms with van der Waals surface area (Å²) >= 11 is 0. The molecule has 0 saturated heterocycles. The van der Waals surface area contributed by atoms with Crippen LogP contribution in [0.4, 0.5) is 0 Å². The number of nitrogens with one attached hydrogen (secondary N) is 1. The fraction of sp³-hybridized carbons (Fsp3) is 0.316. The van der Waals surface area contributed by atoms with Crippen LogP contribution in [0.1, 0.15) is 35.6 Å². The van der Waals surface area contributed by atoms with Gasteiger partial charge in [-0.3, -0.25) is 14.2 Å². The lowest BCUT2D eigenvalue weighted by Gasteiger charge is -2.04. The minimum Gasteiger partial charge on any atom is -0.346 e. The van der Waals surface area contributed by atoms with Crippen LogP contribution >= 0.6 is 0 Å². The van der Waals surface area contributed by atoms with Crippen molar-refractivity contribution in [1.82, 2.24) is 39.5 Å². The van der Waals surface area contributed by atoms with E-state index in [4.69, 9.17) is 0 Å². The van der Waals surface area contributed by atoms with E-state index in [1.165, 1.54) is 0 Å². The van der Waals surface area contributed by atoms with E-state index < -0.39 is 0 Å². The summed E-state index contributed by atoms with van der Waals surface area (Å²) in [4.78, 5) is 17.0. The predicted molar refractivity (Wildman–Crippen MR) is 104 cm³/mol. The average Bonchev–Trinajstić information content (AvgIpc) is 3.43. The van der Waals surface area contributed by atoms with E-state index in [9.17, 15) is 4.79 Å². The van der Waals surface area contributed by atoms with Crippen LogP contribution in [0.15, 0.2) is 36.9 Å². The van der Waals surface area contributed by atoms with Crippen LogP contribution < -0.4 is 5.32 Å². The largest absolute Gasteiger partial charge is 0.346 e. The van der Waals surface area contributed by atoms with Gasteiger partial charge in [-0.05, 0) is 32.9 Å². The second kappa shape index (κ2) is 7.26. The van der Waals surface area contributed by atoms with E-state index in [1.54, 1.807) is 16.9 Å². The molecular weight excluding hydrogens is 356 g/mol. The van der Waals surface area contributed by atoms with E-state index in [-0.39, 0.29) is 5.91 Å². The Hall–Kier alpha value is -3.49. The van der Waals surface area contributed by atoms with Crippen molar-refractivity contribution in [2.24, 2.45) is 0 Å². The molecule has 1 N–H and O–H groups in total. The second-order valence-electron chi connectivity index (χ2n) is 6.45. The highest BCUT2D eigenvalue weighted by atomic mass is 16.1. The highest BCUT2D eigenvalue weighted by Gasteiger charge is 2.18. The number of fused-ring (bicyclic) bond motifs is 1. The van der Waals surface area contributed by atoms with Crippen molar-refractivity contribution in [3.63, 3.8) is 0 Å². The minimum atomic E-state index is -0.230. The van der Waals surface area contributed by atoms with Crippen molar-refractivity contribution in [2.45, 2.75) is 40.4 Å². The number of hydrogen-bond donors (Lipinski definition) is 1. The lowest BCUT2D eigenvalue weighted by Crippen LogP contribution is -2.23. The number of amides is 1. The van der Waals surface area contributed by atoms with Gasteiger partial charge in [0.15, 0.2) is 5.65 Å². The van der Waals surface area contributed by atoms with Crippen LogP contribution in [0.3, 0.4) is 0 Å². The van der Waals surface area contributed by atoms with Crippen LogP contribution in [0.2, 0.25) is 0 Å². The molecule has 0 bridgehead atoms. The summed E-state index contributed by atoms with van der Waals surface area (Å²) in [5.74, 6) is -0.230. The van der Waals surface area contributed by atoms with E-state index in [0.29, 0.717) is 17.8 Å². The molecule has 0 radical (unpaired) electrons. The molecule has 4 aromatic heterocycles. The molecule has 0 atom stereocenters. The van der Waals surface area contributed by atoms with E-state index in [2.05, 4.69) is 25.6 Å². The van der Waals surface area contributed by atoms with Crippen LogP contribution in [0.25, 0.3) is 16.9 Å². The van der Waals surface area contributed by atoms with Crippen molar-refractivity contribution < 1.29 is 4.79 Å². The fourth-order valence-electron chi connectivity index (χ4n) is 3.13. The number of rotatable bonds is 6. The third-order valence-corrected chi connectivity index (χ3v) is 4.64. The molecule has 4 rings (SSSR count). The number of carbonyl (C=O) groups is 1. The summed E-state index contributed by atoms with van der Waals surface area (Å²) in [5.41, 5.74) is 4.47. The SMILES string of the molecule is CCn1ccc(CNC(=O)c2cnn3c(-c4cn(CC)nc4C)ccnc23)n1. The normalized spacial score (nSPS) is 11.2. The molecule has 9 nitrogen and oxygen atoms in total. The highest BCUT2D eigenvalue weighted by molar-refractivity contribution is 5.99. The quantitative estimate of drug-likeness (QED) is 0.554. The number of hydrogen-bond acceptors (Lipinski definition) is 5. The van der Waals surface area contributed by atoms with E-state index in [0.717, 1.165) is 35.7 Å². The van der Waals surface area contributed by atoms with E-state index >= 15 is 0 Å². The lowest BCUT2D eigenvalue weighted by atomic mass is 10.2. The lowest BCUT2D eigenvalue weighted by molar-refractivity contribution is 0.0952. The maximum atomic E-state index is 12.7. The van der Waals surface area contributed by atoms with Crippen molar-refractivity contribution in [1.29, 1.82) is 0 Å². The summed E-state index contributed by atoms with van der Waals surface area (Å²) in [6.07, 6.45) is 7.11. The predicted octanol–water partition coefficient (Wildman–Crippen LogP) is 2.07. The maximum absolute atomic E-state index is 12.7. The summed E-state index contributed by atoms with van der Waals surface area (Å²) < 4.78 is 5.39. The van der Waals surface area contributed by atoms with E-state index in [1.807, 2.05) is 54.7 Å². The monoisotopic (exact) mass is 378 g/mol. The van der Waals surface area contributed by atoms with Crippen LogP contribution in [-0.2, 0) is 19.6 Å². The van der Waals surface area contributed by atoms with Gasteiger partial charge in [0.25, 0.3) is 5.91 Å². The summed E-state index contributed by atoms with van der Waals surface area (Å²) in [5, 5.41) is 16.2. The van der Waals surface area contributed by atoms with Crippen LogP contribution in [-0.4, -0.2) is 40.1 Å². The van der Waals surface area contributed by atoms with Gasteiger partial charge in [0, 0.05) is 37.2 Å². The number of nitrogens with zero attached hydrogens (tertiary/aromatic N) is 7. The zero-order valence-electron chi connectivity index (χ0n) is 16.1. The molecule has 28 heavy (non-hydrogen) atoms. The summed E-state index contributed by atoms with van der Waals surface area (Å²) in [6, 6.07) is 3.77. The average molecular weight is 378 g/mol. The standard InChI is InChI=1S/C19H22N8O/c1-4-25-9-7-14(24-25)10-21-19(28)15-11-22-27-17(6-8-20-18(15)27)16-12-26(5-2)23-13(16)3/h6-9,11-12H,4-5,10H2,1-3H3,(H,21,28). The van der Waals surface area contributed by atoms with Gasteiger partial charge >= 0.3 is 0 Å². The summed E-state index contributed by atoms with van der Waals surface area (Å²) in [7, 11) is 0. The minimum absolute atomic E-state index is 0.230. The Morgan fingerprint density at radius 1 is 1.14 bits per heavy atom. The third kappa shape index (κ3) is 3.15. The Morgan fingerprint density at radius 2 is 1.96 bits per heavy atom. The highest BCUT2D eigenvalue weighted by Crippen LogP contribution is 2.23. The molecule has 0 unspecified atom stereocenters. The molecule has 0 saturated carbocycles. The van der Waals surface area contributed by atoms with Crippen molar-refractivity contribution >= 4 is 11.6 Å². The van der Waals surface area contributed by atoms with Gasteiger partial charge < -0.3 is 5.32 Å². The Morgan fingerprint density at radius 3 is 2.68 bits per heavy atom. The van der Waals surface area contributed by atoms with Crippen molar-refractivity contribution in [3.8, 4) is 11.3 Å². The molecule has 144 valence electrons. The topological polar surface area (TPSA) is 94.9 Å². The molecule has 0 aliphatic rings. The molecule has 4 aromatic rings. The van der Waals surface area contributed by atoms with Gasteiger partial charge in [0.2, 0.25) is 0 Å². The van der Waals surface area contributed by atoms with Gasteiger partial charge in [-0.25, -0.2) is 9.50 Å². The molecule has 0 aliphatic carbocycles. The zero-order valence-corrected chi connectivity index (χ0v) is 16.1. The number of carbonyl (C=O) groups excluding carboxylic acids is 1. The van der Waals surface area contributed by atoms with Gasteiger partial charge in [-0.2, -0.15) is 15.3 Å². The molecule has 1 amide bonds. The van der Waals surface area contributed by atoms with Gasteiger partial charge in [-0.15, -0.1) is 0 Å². The first-order valence-electron chi connectivity index (χ1n) is 9.28. The van der Waals surface area contributed by atoms with Gasteiger partial charge in [0.1, 0.15) is 5.56 Å². The Labute approximate surface area is 162 Å². The molecule has 0 fully saturated rings. The first-order chi connectivity index (χ1) is 13.6. The smallest absolute Gasteiger partial charge is 0.257 e. The molecule has 9 heteroatoms. The zero-order chi connectivity index (χ0) is 19.7. The van der Waals surface area contributed by atoms with Crippen LogP contribution in [0, 0.1) is 6.92 Å². The molecule has 0 spiro atoms. The van der Waals surface area contributed by atoms with Gasteiger partial charge in [-0.1, -0.05) is 0 Å². The van der Waals surface area contributed by atoms with Crippen molar-refractivity contribution in [2.75, 3.05) is 0 Å². The third-order valence-electron chi connectivity index (χ3n) is 4.64. The van der Waals surface area contributed by atoms with Gasteiger partial charge in [0.05, 0.1) is 29.8 Å². The number of aryl methyl sites for hydroxylation is 3.